The fraction of sp³-hybridized carbons (Fsp3) is 1.00. The molecule has 12 unspecified atom stereocenters. The van der Waals surface area contributed by atoms with Gasteiger partial charge < -0.3 is 24.3 Å². The van der Waals surface area contributed by atoms with Crippen molar-refractivity contribution in [3.05, 3.63) is 0 Å². The number of fused-ring (bicyclic) bond motifs is 4. The summed E-state index contributed by atoms with van der Waals surface area (Å²) in [5.41, 5.74) is 0. The van der Waals surface area contributed by atoms with Gasteiger partial charge in [-0.2, -0.15) is 5.84 Å². The molecule has 3 N–H and O–H groups in total. The molecule has 0 aromatic carbocycles. The van der Waals surface area contributed by atoms with Crippen molar-refractivity contribution in [1.29, 1.82) is 0 Å². The van der Waals surface area contributed by atoms with E-state index >= 15 is 0 Å². The number of nitrogens with one attached hydrogen (secondary N) is 1. The molecule has 0 aromatic heterocycles. The number of nitrogens with two attached hydrogens (primary N) is 1. The molecule has 5 fully saturated rings. The first kappa shape index (κ1) is 25.4. The van der Waals surface area contributed by atoms with E-state index in [4.69, 9.17) is 24.8 Å². The summed E-state index contributed by atoms with van der Waals surface area (Å²) in [5.74, 6) is 10.7. The summed E-state index contributed by atoms with van der Waals surface area (Å²) in [6, 6.07) is 1.18. The number of hydrogen-bond acceptors (Lipinski definition) is 6. The van der Waals surface area contributed by atoms with Crippen molar-refractivity contribution in [2.24, 2.45) is 35.4 Å². The average Bonchev–Trinajstić information content (AvgIpc) is 2.87. The lowest BCUT2D eigenvalue weighted by Crippen LogP contribution is -2.71. The highest BCUT2D eigenvalue weighted by atomic mass is 16.5. The molecule has 7 nitrogen and oxygen atoms in total. The van der Waals surface area contributed by atoms with Gasteiger partial charge in [0.2, 0.25) is 0 Å². The first-order chi connectivity index (χ1) is 16.5. The summed E-state index contributed by atoms with van der Waals surface area (Å²) in [6.07, 6.45) is 11.8. The second-order valence-electron chi connectivity index (χ2n) is 12.3. The van der Waals surface area contributed by atoms with Crippen molar-refractivity contribution in [3.8, 4) is 0 Å². The van der Waals surface area contributed by atoms with E-state index in [0.29, 0.717) is 23.9 Å². The number of rotatable bonds is 6. The Morgan fingerprint density at radius 3 is 1.91 bits per heavy atom. The number of nitrogens with zero attached hydrogens (tertiary/aromatic N) is 1. The van der Waals surface area contributed by atoms with Gasteiger partial charge in [-0.3, -0.25) is 0 Å². The first-order valence-electron chi connectivity index (χ1n) is 14.0. The van der Waals surface area contributed by atoms with Crippen LogP contribution in [0.15, 0.2) is 0 Å². The van der Waals surface area contributed by atoms with Gasteiger partial charge in [0.15, 0.2) is 0 Å². The summed E-state index contributed by atoms with van der Waals surface area (Å²) in [6.45, 7) is 3.41. The molecule has 0 aromatic rings. The molecule has 196 valence electrons. The van der Waals surface area contributed by atoms with E-state index in [-0.39, 0.29) is 24.4 Å². The number of piperidine rings is 3. The van der Waals surface area contributed by atoms with Gasteiger partial charge in [0.05, 0.1) is 37.5 Å². The number of methoxy groups -OCH3 is 4. The molecule has 7 heteroatoms. The van der Waals surface area contributed by atoms with Crippen molar-refractivity contribution in [3.63, 3.8) is 0 Å². The molecule has 3 saturated heterocycles. The van der Waals surface area contributed by atoms with Crippen LogP contribution in [0.2, 0.25) is 0 Å². The molecule has 0 radical (unpaired) electrons. The zero-order valence-corrected chi connectivity index (χ0v) is 22.0. The normalized spacial score (nSPS) is 51.3. The summed E-state index contributed by atoms with van der Waals surface area (Å²) >= 11 is 0. The third-order valence-electron chi connectivity index (χ3n) is 11.0. The van der Waals surface area contributed by atoms with Crippen molar-refractivity contribution < 1.29 is 23.5 Å². The Morgan fingerprint density at radius 2 is 1.26 bits per heavy atom. The second kappa shape index (κ2) is 10.6. The van der Waals surface area contributed by atoms with Gasteiger partial charge in [-0.05, 0) is 68.7 Å². The fourth-order valence-electron chi connectivity index (χ4n) is 9.03. The van der Waals surface area contributed by atoms with Crippen LogP contribution in [-0.2, 0) is 18.9 Å². The summed E-state index contributed by atoms with van der Waals surface area (Å²) in [5, 5.41) is 3.94. The van der Waals surface area contributed by atoms with Crippen molar-refractivity contribution in [1.82, 2.24) is 5.32 Å². The first-order valence-corrected chi connectivity index (χ1v) is 14.0. The Kier molecular flexibility index (Phi) is 7.91. The quantitative estimate of drug-likeness (QED) is 0.450. The molecule has 2 saturated carbocycles. The predicted octanol–water partition coefficient (Wildman–Crippen LogP) is 2.72. The van der Waals surface area contributed by atoms with Crippen LogP contribution < -0.4 is 11.2 Å². The molecule has 0 spiro atoms. The largest absolute Gasteiger partial charge is 0.379 e. The molecule has 2 aliphatic carbocycles. The highest BCUT2D eigenvalue weighted by molar-refractivity contribution is 4.98. The molecule has 3 aliphatic heterocycles. The van der Waals surface area contributed by atoms with Crippen molar-refractivity contribution in [2.45, 2.75) is 94.3 Å². The Labute approximate surface area is 206 Å². The van der Waals surface area contributed by atoms with Gasteiger partial charge in [0.25, 0.3) is 0 Å². The Balaban J connectivity index is 1.26. The molecule has 34 heavy (non-hydrogen) atoms. The van der Waals surface area contributed by atoms with Crippen molar-refractivity contribution >= 4 is 0 Å². The topological polar surface area (TPSA) is 75.0 Å². The zero-order chi connectivity index (χ0) is 23.9. The van der Waals surface area contributed by atoms with Crippen LogP contribution in [0.5, 0.6) is 0 Å². The maximum atomic E-state index is 7.11. The Morgan fingerprint density at radius 1 is 0.706 bits per heavy atom. The average molecular weight is 481 g/mol. The third-order valence-corrected chi connectivity index (χ3v) is 11.0. The van der Waals surface area contributed by atoms with Gasteiger partial charge >= 0.3 is 0 Å². The van der Waals surface area contributed by atoms with Gasteiger partial charge in [-0.15, -0.1) is 0 Å². The van der Waals surface area contributed by atoms with Crippen LogP contribution in [-0.4, -0.2) is 89.2 Å². The number of ether oxygens (including phenoxy) is 4. The molecule has 0 bridgehead atoms. The van der Waals surface area contributed by atoms with E-state index < -0.39 is 0 Å². The smallest absolute Gasteiger partial charge is 0.110 e. The standard InChI is InChI=1S/C27H50N3O4/c1-31-24-13-18-5-8-29-22(20(18)15-26(24)33-3)11-17-6-9-30(28)10-7-19-14-25(32-2)27(34-4)16-21(19)23(30)12-17/h17-27,29H,5-16,28H2,1-4H3/q+1. The summed E-state index contributed by atoms with van der Waals surface area (Å²) in [4.78, 5) is 0. The van der Waals surface area contributed by atoms with Crippen LogP contribution in [0.4, 0.5) is 0 Å². The Hall–Kier alpha value is -0.280. The lowest BCUT2D eigenvalue weighted by Gasteiger charge is -2.56. The molecule has 5 rings (SSSR count). The molecule has 0 amide bonds. The minimum absolute atomic E-state index is 0.209. The lowest BCUT2D eigenvalue weighted by molar-refractivity contribution is -0.978. The molecule has 12 atom stereocenters. The van der Waals surface area contributed by atoms with Crippen LogP contribution in [0.3, 0.4) is 0 Å². The highest BCUT2D eigenvalue weighted by Crippen LogP contribution is 2.48. The fourth-order valence-corrected chi connectivity index (χ4v) is 9.03. The van der Waals surface area contributed by atoms with E-state index in [1.54, 1.807) is 0 Å². The van der Waals surface area contributed by atoms with E-state index in [1.165, 1.54) is 32.1 Å². The van der Waals surface area contributed by atoms with Crippen LogP contribution in [0.25, 0.3) is 0 Å². The maximum absolute atomic E-state index is 7.11. The van der Waals surface area contributed by atoms with E-state index in [9.17, 15) is 0 Å². The summed E-state index contributed by atoms with van der Waals surface area (Å²) < 4.78 is 24.2. The third kappa shape index (κ3) is 4.71. The van der Waals surface area contributed by atoms with Gasteiger partial charge in [0, 0.05) is 59.7 Å². The van der Waals surface area contributed by atoms with E-state index in [2.05, 4.69) is 5.32 Å². The van der Waals surface area contributed by atoms with Crippen LogP contribution in [0, 0.1) is 29.6 Å². The number of hydrogen-bond donors (Lipinski definition) is 2. The van der Waals surface area contributed by atoms with E-state index in [1.807, 2.05) is 28.4 Å². The minimum Gasteiger partial charge on any atom is -0.379 e. The second-order valence-corrected chi connectivity index (χ2v) is 12.3. The molecule has 5 aliphatic rings. The van der Waals surface area contributed by atoms with Crippen molar-refractivity contribution in [2.75, 3.05) is 48.1 Å². The van der Waals surface area contributed by atoms with Gasteiger partial charge in [-0.1, -0.05) is 0 Å². The van der Waals surface area contributed by atoms with Gasteiger partial charge in [-0.25, -0.2) is 4.59 Å². The zero-order valence-electron chi connectivity index (χ0n) is 22.0. The lowest BCUT2D eigenvalue weighted by atomic mass is 9.64. The SMILES string of the molecule is COC1CC2CCNC(CC3CC[N+]4(N)CCC5CC(OC)C(OC)CC5C4C3)C2CC1OC. The molecular weight excluding hydrogens is 430 g/mol. The van der Waals surface area contributed by atoms with Crippen LogP contribution >= 0.6 is 0 Å². The van der Waals surface area contributed by atoms with E-state index in [0.717, 1.165) is 67.7 Å². The molecule has 3 heterocycles. The van der Waals surface area contributed by atoms with Crippen LogP contribution in [0.1, 0.15) is 57.8 Å². The predicted molar refractivity (Wildman–Crippen MR) is 132 cm³/mol. The highest BCUT2D eigenvalue weighted by Gasteiger charge is 2.55. The number of quaternary nitrogens is 1. The minimum atomic E-state index is 0.209. The monoisotopic (exact) mass is 480 g/mol. The Bertz CT molecular complexity index is 682. The van der Waals surface area contributed by atoms with Gasteiger partial charge in [0.1, 0.15) is 6.04 Å². The molecular formula is C27H50N3O4+. The maximum Gasteiger partial charge on any atom is 0.110 e. The summed E-state index contributed by atoms with van der Waals surface area (Å²) in [7, 11) is 7.40.